The molecule has 0 spiro atoms. The molecule has 0 aliphatic heterocycles. The number of benzene rings is 1. The van der Waals surface area contributed by atoms with Crippen molar-refractivity contribution in [1.82, 2.24) is 4.98 Å². The maximum absolute atomic E-state index is 9.43. The lowest BCUT2D eigenvalue weighted by Crippen LogP contribution is -2.09. The summed E-state index contributed by atoms with van der Waals surface area (Å²) in [4.78, 5) is 5.55. The molecule has 0 bridgehead atoms. The van der Waals surface area contributed by atoms with Crippen LogP contribution in [0.3, 0.4) is 0 Å². The Balaban J connectivity index is 2.02. The summed E-state index contributed by atoms with van der Waals surface area (Å²) in [7, 11) is 0. The molecule has 0 saturated heterocycles. The Hall–Kier alpha value is -2.46. The van der Waals surface area contributed by atoms with Crippen LogP contribution in [-0.2, 0) is 6.42 Å². The standard InChI is InChI=1S/C17H14N2OS/c20-19-17(16-9-3-4-10-18-16)15-8-2-1-6-13(15)12-14-7-5-11-21-14/h1-11,20H,12H2. The first kappa shape index (κ1) is 13.5. The number of oxime groups is 1. The Morgan fingerprint density at radius 2 is 1.90 bits per heavy atom. The lowest BCUT2D eigenvalue weighted by Gasteiger charge is -2.10. The van der Waals surface area contributed by atoms with Crippen molar-refractivity contribution in [3.63, 3.8) is 0 Å². The van der Waals surface area contributed by atoms with Crippen molar-refractivity contribution in [2.75, 3.05) is 0 Å². The lowest BCUT2D eigenvalue weighted by molar-refractivity contribution is 0.319. The Labute approximate surface area is 127 Å². The number of hydrogen-bond donors (Lipinski definition) is 1. The van der Waals surface area contributed by atoms with E-state index in [9.17, 15) is 5.21 Å². The number of rotatable bonds is 4. The second-order valence-corrected chi connectivity index (χ2v) is 5.61. The highest BCUT2D eigenvalue weighted by atomic mass is 32.1. The van der Waals surface area contributed by atoms with E-state index in [2.05, 4.69) is 27.7 Å². The van der Waals surface area contributed by atoms with Gasteiger partial charge in [-0.1, -0.05) is 41.6 Å². The summed E-state index contributed by atoms with van der Waals surface area (Å²) in [5.74, 6) is 0. The van der Waals surface area contributed by atoms with Crippen LogP contribution in [0.2, 0.25) is 0 Å². The molecule has 2 heterocycles. The molecule has 0 amide bonds. The van der Waals surface area contributed by atoms with Crippen LogP contribution < -0.4 is 0 Å². The third-order valence-electron chi connectivity index (χ3n) is 3.22. The van der Waals surface area contributed by atoms with Crippen LogP contribution >= 0.6 is 11.3 Å². The van der Waals surface area contributed by atoms with E-state index in [1.54, 1.807) is 17.5 Å². The SMILES string of the molecule is ON=C(c1ccccn1)c1ccccc1Cc1cccs1. The van der Waals surface area contributed by atoms with Crippen LogP contribution in [0.15, 0.2) is 71.3 Å². The molecular weight excluding hydrogens is 280 g/mol. The van der Waals surface area contributed by atoms with E-state index >= 15 is 0 Å². The van der Waals surface area contributed by atoms with Gasteiger partial charge in [0.15, 0.2) is 0 Å². The Bertz CT molecular complexity index is 737. The van der Waals surface area contributed by atoms with E-state index in [0.29, 0.717) is 11.4 Å². The van der Waals surface area contributed by atoms with Crippen molar-refractivity contribution in [3.8, 4) is 0 Å². The fraction of sp³-hybridized carbons (Fsp3) is 0.0588. The van der Waals surface area contributed by atoms with Crippen molar-refractivity contribution in [3.05, 3.63) is 87.9 Å². The summed E-state index contributed by atoms with van der Waals surface area (Å²) in [6, 6.07) is 17.7. The molecule has 0 aliphatic carbocycles. The highest BCUT2D eigenvalue weighted by molar-refractivity contribution is 7.09. The highest BCUT2D eigenvalue weighted by Gasteiger charge is 2.13. The summed E-state index contributed by atoms with van der Waals surface area (Å²) in [5, 5.41) is 15.0. The van der Waals surface area contributed by atoms with Gasteiger partial charge >= 0.3 is 0 Å². The minimum absolute atomic E-state index is 0.503. The van der Waals surface area contributed by atoms with E-state index in [0.717, 1.165) is 17.5 Å². The number of thiophene rings is 1. The van der Waals surface area contributed by atoms with Gasteiger partial charge < -0.3 is 5.21 Å². The zero-order chi connectivity index (χ0) is 14.5. The second-order valence-electron chi connectivity index (χ2n) is 4.58. The molecule has 21 heavy (non-hydrogen) atoms. The van der Waals surface area contributed by atoms with Gasteiger partial charge in [0, 0.05) is 23.1 Å². The van der Waals surface area contributed by atoms with E-state index in [4.69, 9.17) is 0 Å². The predicted octanol–water partition coefficient (Wildman–Crippen LogP) is 3.96. The zero-order valence-corrected chi connectivity index (χ0v) is 12.1. The van der Waals surface area contributed by atoms with Crippen LogP contribution in [0.4, 0.5) is 0 Å². The van der Waals surface area contributed by atoms with Crippen molar-refractivity contribution in [2.45, 2.75) is 6.42 Å². The van der Waals surface area contributed by atoms with Gasteiger partial charge in [-0.15, -0.1) is 11.3 Å². The maximum atomic E-state index is 9.43. The van der Waals surface area contributed by atoms with Crippen molar-refractivity contribution >= 4 is 17.0 Å². The van der Waals surface area contributed by atoms with Gasteiger partial charge in [-0.05, 0) is 29.1 Å². The van der Waals surface area contributed by atoms with Crippen molar-refractivity contribution < 1.29 is 5.21 Å². The first-order chi connectivity index (χ1) is 10.4. The van der Waals surface area contributed by atoms with Crippen molar-refractivity contribution in [2.24, 2.45) is 5.16 Å². The first-order valence-electron chi connectivity index (χ1n) is 6.62. The van der Waals surface area contributed by atoms with Crippen LogP contribution in [0.25, 0.3) is 0 Å². The molecule has 0 radical (unpaired) electrons. The van der Waals surface area contributed by atoms with Crippen LogP contribution in [0, 0.1) is 0 Å². The summed E-state index contributed by atoms with van der Waals surface area (Å²) < 4.78 is 0. The van der Waals surface area contributed by atoms with Gasteiger partial charge in [-0.3, -0.25) is 4.98 Å². The van der Waals surface area contributed by atoms with Crippen LogP contribution in [-0.4, -0.2) is 15.9 Å². The maximum Gasteiger partial charge on any atom is 0.135 e. The van der Waals surface area contributed by atoms with Crippen LogP contribution in [0.1, 0.15) is 21.7 Å². The molecule has 2 aromatic heterocycles. The fourth-order valence-electron chi connectivity index (χ4n) is 2.25. The molecule has 4 heteroatoms. The first-order valence-corrected chi connectivity index (χ1v) is 7.50. The van der Waals surface area contributed by atoms with E-state index in [1.807, 2.05) is 42.5 Å². The third kappa shape index (κ3) is 3.01. The Morgan fingerprint density at radius 1 is 1.05 bits per heavy atom. The summed E-state index contributed by atoms with van der Waals surface area (Å²) in [6.07, 6.45) is 2.52. The molecule has 0 saturated carbocycles. The molecule has 3 aromatic rings. The molecule has 0 fully saturated rings. The zero-order valence-electron chi connectivity index (χ0n) is 11.3. The average molecular weight is 294 g/mol. The molecule has 0 aliphatic rings. The van der Waals surface area contributed by atoms with E-state index in [1.165, 1.54) is 4.88 Å². The largest absolute Gasteiger partial charge is 0.410 e. The normalized spacial score (nSPS) is 11.5. The topological polar surface area (TPSA) is 45.5 Å². The second kappa shape index (κ2) is 6.33. The fourth-order valence-corrected chi connectivity index (χ4v) is 2.98. The van der Waals surface area contributed by atoms with Gasteiger partial charge in [0.05, 0.1) is 5.69 Å². The van der Waals surface area contributed by atoms with Gasteiger partial charge in [-0.2, -0.15) is 0 Å². The molecular formula is C17H14N2OS. The van der Waals surface area contributed by atoms with Gasteiger partial charge in [-0.25, -0.2) is 0 Å². The molecule has 3 rings (SSSR count). The van der Waals surface area contributed by atoms with E-state index < -0.39 is 0 Å². The van der Waals surface area contributed by atoms with Crippen molar-refractivity contribution in [1.29, 1.82) is 0 Å². The molecule has 0 unspecified atom stereocenters. The minimum atomic E-state index is 0.503. The average Bonchev–Trinajstić information content (AvgIpc) is 3.04. The molecule has 1 aromatic carbocycles. The quantitative estimate of drug-likeness (QED) is 0.450. The predicted molar refractivity (Wildman–Crippen MR) is 85.2 cm³/mol. The van der Waals surface area contributed by atoms with Crippen LogP contribution in [0.5, 0.6) is 0 Å². The molecule has 0 atom stereocenters. The molecule has 1 N–H and O–H groups in total. The third-order valence-corrected chi connectivity index (χ3v) is 4.10. The number of aromatic nitrogens is 1. The lowest BCUT2D eigenvalue weighted by atomic mass is 9.98. The molecule has 104 valence electrons. The van der Waals surface area contributed by atoms with Gasteiger partial charge in [0.1, 0.15) is 5.71 Å². The summed E-state index contributed by atoms with van der Waals surface area (Å²) in [6.45, 7) is 0. The minimum Gasteiger partial charge on any atom is -0.410 e. The Kier molecular flexibility index (Phi) is 4.07. The summed E-state index contributed by atoms with van der Waals surface area (Å²) >= 11 is 1.72. The van der Waals surface area contributed by atoms with Gasteiger partial charge in [0.25, 0.3) is 0 Å². The van der Waals surface area contributed by atoms with E-state index in [-0.39, 0.29) is 0 Å². The Morgan fingerprint density at radius 3 is 2.62 bits per heavy atom. The highest BCUT2D eigenvalue weighted by Crippen LogP contribution is 2.20. The number of hydrogen-bond acceptors (Lipinski definition) is 4. The smallest absolute Gasteiger partial charge is 0.135 e. The van der Waals surface area contributed by atoms with Gasteiger partial charge in [0.2, 0.25) is 0 Å². The molecule has 3 nitrogen and oxygen atoms in total. The monoisotopic (exact) mass is 294 g/mol. The number of pyridine rings is 1. The number of nitrogens with zero attached hydrogens (tertiary/aromatic N) is 2. The summed E-state index contributed by atoms with van der Waals surface area (Å²) in [5.41, 5.74) is 3.20.